The highest BCUT2D eigenvalue weighted by Crippen LogP contribution is 2.36. The Balaban J connectivity index is 1.46. The van der Waals surface area contributed by atoms with Gasteiger partial charge in [0.1, 0.15) is 11.2 Å². The van der Waals surface area contributed by atoms with E-state index in [-0.39, 0.29) is 0 Å². The lowest BCUT2D eigenvalue weighted by Crippen LogP contribution is -1.87. The van der Waals surface area contributed by atoms with Gasteiger partial charge in [0.05, 0.1) is 0 Å². The van der Waals surface area contributed by atoms with Gasteiger partial charge >= 0.3 is 0 Å². The van der Waals surface area contributed by atoms with Crippen molar-refractivity contribution in [1.82, 2.24) is 4.57 Å². The molecule has 5 aromatic carbocycles. The van der Waals surface area contributed by atoms with Gasteiger partial charge in [-0.2, -0.15) is 0 Å². The minimum Gasteiger partial charge on any atom is -0.456 e. The Hall–Kier alpha value is -4.04. The van der Waals surface area contributed by atoms with E-state index in [1.807, 2.05) is 12.1 Å². The van der Waals surface area contributed by atoms with E-state index >= 15 is 0 Å². The molecular formula is C29H19NO. The molecule has 2 aromatic heterocycles. The van der Waals surface area contributed by atoms with Gasteiger partial charge in [0.2, 0.25) is 0 Å². The first-order chi connectivity index (χ1) is 15.3. The molecule has 31 heavy (non-hydrogen) atoms. The van der Waals surface area contributed by atoms with E-state index in [0.717, 1.165) is 16.6 Å². The van der Waals surface area contributed by atoms with Crippen LogP contribution in [0, 0.1) is 0 Å². The molecule has 0 aliphatic rings. The number of aryl methyl sites for hydroxylation is 1. The van der Waals surface area contributed by atoms with Gasteiger partial charge in [-0.3, -0.25) is 0 Å². The highest BCUT2D eigenvalue weighted by atomic mass is 16.3. The summed E-state index contributed by atoms with van der Waals surface area (Å²) in [4.78, 5) is 0. The molecule has 7 rings (SSSR count). The first-order valence-electron chi connectivity index (χ1n) is 10.6. The normalized spacial score (nSPS) is 12.0. The van der Waals surface area contributed by atoms with Crippen molar-refractivity contribution in [3.8, 4) is 11.1 Å². The van der Waals surface area contributed by atoms with Crippen LogP contribution in [0.3, 0.4) is 0 Å². The first-order valence-corrected chi connectivity index (χ1v) is 10.6. The Kier molecular flexibility index (Phi) is 3.23. The van der Waals surface area contributed by atoms with Crippen LogP contribution in [0.25, 0.3) is 65.6 Å². The summed E-state index contributed by atoms with van der Waals surface area (Å²) in [5.74, 6) is 0. The number of para-hydroxylation sites is 1. The van der Waals surface area contributed by atoms with Gasteiger partial charge in [-0.15, -0.1) is 0 Å². The van der Waals surface area contributed by atoms with Crippen LogP contribution >= 0.6 is 0 Å². The quantitative estimate of drug-likeness (QED) is 0.274. The Bertz CT molecular complexity index is 1800. The second kappa shape index (κ2) is 5.99. The first kappa shape index (κ1) is 16.7. The Morgan fingerprint density at radius 3 is 2.03 bits per heavy atom. The SMILES string of the molecule is Cn1c2cc(-c3ccc4c(c3)oc3ccccc34)ccc2c2cc3ccccc3cc21. The zero-order valence-electron chi connectivity index (χ0n) is 17.1. The van der Waals surface area contributed by atoms with Crippen LogP contribution in [0.4, 0.5) is 0 Å². The molecule has 0 saturated carbocycles. The van der Waals surface area contributed by atoms with Crippen molar-refractivity contribution >= 4 is 54.5 Å². The maximum atomic E-state index is 6.11. The van der Waals surface area contributed by atoms with Crippen LogP contribution in [0.5, 0.6) is 0 Å². The van der Waals surface area contributed by atoms with E-state index in [2.05, 4.69) is 96.5 Å². The summed E-state index contributed by atoms with van der Waals surface area (Å²) in [5, 5.41) is 7.47. The van der Waals surface area contributed by atoms with E-state index < -0.39 is 0 Å². The zero-order valence-corrected chi connectivity index (χ0v) is 17.1. The van der Waals surface area contributed by atoms with Gasteiger partial charge < -0.3 is 8.98 Å². The summed E-state index contributed by atoms with van der Waals surface area (Å²) in [7, 11) is 2.16. The smallest absolute Gasteiger partial charge is 0.136 e. The number of aromatic nitrogens is 1. The van der Waals surface area contributed by atoms with E-state index in [9.17, 15) is 0 Å². The average Bonchev–Trinajstić information content (AvgIpc) is 3.32. The summed E-state index contributed by atoms with van der Waals surface area (Å²) < 4.78 is 8.42. The molecule has 0 aliphatic carbocycles. The largest absolute Gasteiger partial charge is 0.456 e. The standard InChI is InChI=1S/C29H19NO/c1-30-26-16-20(21-11-13-24-23-8-4-5-9-28(23)31-29(24)17-21)10-12-22(26)25-14-18-6-2-3-7-19(18)15-27(25)30/h2-17H,1H3. The van der Waals surface area contributed by atoms with Gasteiger partial charge in [0.25, 0.3) is 0 Å². The molecule has 0 saturated heterocycles. The molecule has 0 N–H and O–H groups in total. The summed E-state index contributed by atoms with van der Waals surface area (Å²) in [6, 6.07) is 34.7. The highest BCUT2D eigenvalue weighted by Gasteiger charge is 2.12. The van der Waals surface area contributed by atoms with Gasteiger partial charge in [-0.05, 0) is 58.3 Å². The predicted octanol–water partition coefficient (Wildman–Crippen LogP) is 8.05. The van der Waals surface area contributed by atoms with Crippen molar-refractivity contribution in [2.24, 2.45) is 7.05 Å². The minimum absolute atomic E-state index is 0.932. The predicted molar refractivity (Wildman–Crippen MR) is 131 cm³/mol. The summed E-state index contributed by atoms with van der Waals surface area (Å²) >= 11 is 0. The second-order valence-corrected chi connectivity index (χ2v) is 8.32. The summed E-state index contributed by atoms with van der Waals surface area (Å²) in [6.07, 6.45) is 0. The van der Waals surface area contributed by atoms with Crippen molar-refractivity contribution < 1.29 is 4.42 Å². The number of furan rings is 1. The third-order valence-electron chi connectivity index (χ3n) is 6.59. The van der Waals surface area contributed by atoms with Crippen molar-refractivity contribution in [2.75, 3.05) is 0 Å². The lowest BCUT2D eigenvalue weighted by atomic mass is 10.0. The third kappa shape index (κ3) is 2.33. The molecule has 0 radical (unpaired) electrons. The molecule has 0 atom stereocenters. The summed E-state index contributed by atoms with van der Waals surface area (Å²) in [5.41, 5.74) is 6.74. The highest BCUT2D eigenvalue weighted by molar-refractivity contribution is 6.13. The Morgan fingerprint density at radius 2 is 1.16 bits per heavy atom. The molecule has 0 aliphatic heterocycles. The van der Waals surface area contributed by atoms with Crippen molar-refractivity contribution in [3.05, 3.63) is 97.1 Å². The van der Waals surface area contributed by atoms with Crippen LogP contribution in [-0.2, 0) is 7.05 Å². The molecule has 0 unspecified atom stereocenters. The van der Waals surface area contributed by atoms with E-state index in [1.165, 1.54) is 49.1 Å². The van der Waals surface area contributed by atoms with Crippen molar-refractivity contribution in [1.29, 1.82) is 0 Å². The Labute approximate surface area is 178 Å². The van der Waals surface area contributed by atoms with Crippen LogP contribution < -0.4 is 0 Å². The minimum atomic E-state index is 0.932. The van der Waals surface area contributed by atoms with E-state index in [1.54, 1.807) is 0 Å². The van der Waals surface area contributed by atoms with Gasteiger partial charge in [0.15, 0.2) is 0 Å². The van der Waals surface area contributed by atoms with Crippen molar-refractivity contribution in [3.63, 3.8) is 0 Å². The molecule has 2 heterocycles. The van der Waals surface area contributed by atoms with Gasteiger partial charge in [-0.1, -0.05) is 60.7 Å². The molecule has 0 bridgehead atoms. The van der Waals surface area contributed by atoms with Gasteiger partial charge in [0, 0.05) is 39.6 Å². The lowest BCUT2D eigenvalue weighted by Gasteiger charge is -2.04. The Morgan fingerprint density at radius 1 is 0.516 bits per heavy atom. The fraction of sp³-hybridized carbons (Fsp3) is 0.0345. The molecule has 146 valence electrons. The van der Waals surface area contributed by atoms with Crippen LogP contribution in [0.15, 0.2) is 101 Å². The topological polar surface area (TPSA) is 18.1 Å². The third-order valence-corrected chi connectivity index (χ3v) is 6.59. The van der Waals surface area contributed by atoms with E-state index in [0.29, 0.717) is 0 Å². The summed E-state index contributed by atoms with van der Waals surface area (Å²) in [6.45, 7) is 0. The number of fused-ring (bicyclic) bond motifs is 7. The fourth-order valence-electron chi connectivity index (χ4n) is 4.97. The number of benzene rings is 5. The van der Waals surface area contributed by atoms with Crippen LogP contribution in [0.2, 0.25) is 0 Å². The maximum absolute atomic E-state index is 6.11. The molecule has 2 nitrogen and oxygen atoms in total. The molecule has 0 spiro atoms. The molecular weight excluding hydrogens is 378 g/mol. The zero-order chi connectivity index (χ0) is 20.5. The number of nitrogens with zero attached hydrogens (tertiary/aromatic N) is 1. The molecule has 7 aromatic rings. The number of hydrogen-bond donors (Lipinski definition) is 0. The number of rotatable bonds is 1. The molecule has 0 fully saturated rings. The lowest BCUT2D eigenvalue weighted by molar-refractivity contribution is 0.669. The average molecular weight is 397 g/mol. The molecule has 2 heteroatoms. The van der Waals surface area contributed by atoms with E-state index in [4.69, 9.17) is 4.42 Å². The monoisotopic (exact) mass is 397 g/mol. The number of hydrogen-bond acceptors (Lipinski definition) is 1. The van der Waals surface area contributed by atoms with Gasteiger partial charge in [-0.25, -0.2) is 0 Å². The van der Waals surface area contributed by atoms with Crippen LogP contribution in [-0.4, -0.2) is 4.57 Å². The maximum Gasteiger partial charge on any atom is 0.136 e. The van der Waals surface area contributed by atoms with Crippen molar-refractivity contribution in [2.45, 2.75) is 0 Å². The second-order valence-electron chi connectivity index (χ2n) is 8.32. The fourth-order valence-corrected chi connectivity index (χ4v) is 4.97. The van der Waals surface area contributed by atoms with Crippen LogP contribution in [0.1, 0.15) is 0 Å². The molecule has 0 amide bonds.